The SMILES string of the molecule is CCCCCCN(CC(=O)Nc1ccon1)C(=O)[C@H]1C[C@H]1c1ccccc1. The number of hydrogen-bond acceptors (Lipinski definition) is 4. The molecule has 1 N–H and O–H groups in total. The van der Waals surface area contributed by atoms with Gasteiger partial charge in [-0.2, -0.15) is 0 Å². The summed E-state index contributed by atoms with van der Waals surface area (Å²) in [7, 11) is 0. The van der Waals surface area contributed by atoms with Crippen molar-refractivity contribution in [1.82, 2.24) is 10.1 Å². The number of rotatable bonds is 10. The van der Waals surface area contributed by atoms with E-state index in [4.69, 9.17) is 4.52 Å². The van der Waals surface area contributed by atoms with Crippen molar-refractivity contribution in [3.63, 3.8) is 0 Å². The lowest BCUT2D eigenvalue weighted by Crippen LogP contribution is -2.39. The fourth-order valence-corrected chi connectivity index (χ4v) is 3.40. The lowest BCUT2D eigenvalue weighted by atomic mass is 10.1. The van der Waals surface area contributed by atoms with Crippen LogP contribution < -0.4 is 5.32 Å². The Bertz CT molecular complexity index is 730. The fraction of sp³-hybridized carbons (Fsp3) is 0.476. The van der Waals surface area contributed by atoms with Crippen LogP contribution in [0.5, 0.6) is 0 Å². The fourth-order valence-electron chi connectivity index (χ4n) is 3.40. The van der Waals surface area contributed by atoms with Gasteiger partial charge in [-0.3, -0.25) is 9.59 Å². The molecule has 1 fully saturated rings. The van der Waals surface area contributed by atoms with Gasteiger partial charge in [0, 0.05) is 18.5 Å². The van der Waals surface area contributed by atoms with Crippen LogP contribution in [0, 0.1) is 5.92 Å². The maximum Gasteiger partial charge on any atom is 0.245 e. The summed E-state index contributed by atoms with van der Waals surface area (Å²) in [6.45, 7) is 2.82. The average Bonchev–Trinajstić information content (AvgIpc) is 3.33. The van der Waals surface area contributed by atoms with E-state index in [1.165, 1.54) is 11.8 Å². The number of carbonyl (C=O) groups is 2. The summed E-state index contributed by atoms with van der Waals surface area (Å²) >= 11 is 0. The molecule has 0 unspecified atom stereocenters. The summed E-state index contributed by atoms with van der Waals surface area (Å²) in [5.41, 5.74) is 1.20. The molecule has 27 heavy (non-hydrogen) atoms. The van der Waals surface area contributed by atoms with Crippen molar-refractivity contribution in [2.24, 2.45) is 5.92 Å². The Labute approximate surface area is 159 Å². The summed E-state index contributed by atoms with van der Waals surface area (Å²) < 4.78 is 4.73. The smallest absolute Gasteiger partial charge is 0.245 e. The van der Waals surface area contributed by atoms with Gasteiger partial charge in [-0.05, 0) is 24.3 Å². The minimum absolute atomic E-state index is 0.0153. The van der Waals surface area contributed by atoms with E-state index in [1.54, 1.807) is 11.0 Å². The Morgan fingerprint density at radius 3 is 2.70 bits per heavy atom. The van der Waals surface area contributed by atoms with E-state index >= 15 is 0 Å². The summed E-state index contributed by atoms with van der Waals surface area (Å²) in [4.78, 5) is 27.0. The van der Waals surface area contributed by atoms with E-state index in [0.29, 0.717) is 12.4 Å². The zero-order valence-electron chi connectivity index (χ0n) is 15.8. The third-order valence-electron chi connectivity index (χ3n) is 4.97. The second-order valence-corrected chi connectivity index (χ2v) is 7.11. The standard InChI is InChI=1S/C21H27N3O3/c1-2-3-4-8-12-24(15-20(25)22-19-11-13-27-23-19)21(26)18-14-17(18)16-9-6-5-7-10-16/h5-7,9-11,13,17-18H,2-4,8,12,14-15H2,1H3,(H,22,23,25)/t17-,18-/m0/s1. The molecule has 1 aliphatic rings. The highest BCUT2D eigenvalue weighted by Crippen LogP contribution is 2.48. The molecule has 3 rings (SSSR count). The minimum Gasteiger partial charge on any atom is -0.363 e. The number of amides is 2. The molecule has 0 spiro atoms. The highest BCUT2D eigenvalue weighted by molar-refractivity contribution is 5.94. The molecule has 2 atom stereocenters. The summed E-state index contributed by atoms with van der Waals surface area (Å²) in [6, 6.07) is 11.7. The van der Waals surface area contributed by atoms with Gasteiger partial charge < -0.3 is 14.7 Å². The van der Waals surface area contributed by atoms with Crippen molar-refractivity contribution >= 4 is 17.6 Å². The Balaban J connectivity index is 1.58. The molecule has 1 heterocycles. The largest absolute Gasteiger partial charge is 0.363 e. The summed E-state index contributed by atoms with van der Waals surface area (Å²) in [6.07, 6.45) is 6.52. The van der Waals surface area contributed by atoms with E-state index < -0.39 is 0 Å². The number of nitrogens with zero attached hydrogens (tertiary/aromatic N) is 2. The van der Waals surface area contributed by atoms with Crippen LogP contribution in [0.15, 0.2) is 47.2 Å². The van der Waals surface area contributed by atoms with Gasteiger partial charge in [0.1, 0.15) is 6.26 Å². The second-order valence-electron chi connectivity index (χ2n) is 7.11. The predicted octanol–water partition coefficient (Wildman–Crippen LogP) is 3.83. The predicted molar refractivity (Wildman–Crippen MR) is 103 cm³/mol. The van der Waals surface area contributed by atoms with E-state index in [1.807, 2.05) is 18.2 Å². The molecule has 2 amide bonds. The third-order valence-corrected chi connectivity index (χ3v) is 4.97. The molecule has 1 aromatic heterocycles. The molecule has 0 saturated heterocycles. The van der Waals surface area contributed by atoms with Gasteiger partial charge in [0.2, 0.25) is 11.8 Å². The number of nitrogens with one attached hydrogen (secondary N) is 1. The third kappa shape index (κ3) is 5.42. The van der Waals surface area contributed by atoms with Crippen molar-refractivity contribution < 1.29 is 14.1 Å². The number of carbonyl (C=O) groups excluding carboxylic acids is 2. The van der Waals surface area contributed by atoms with Crippen LogP contribution in [0.1, 0.15) is 50.5 Å². The molecule has 1 aromatic carbocycles. The van der Waals surface area contributed by atoms with E-state index in [2.05, 4.69) is 29.5 Å². The van der Waals surface area contributed by atoms with E-state index in [0.717, 1.165) is 32.1 Å². The highest BCUT2D eigenvalue weighted by Gasteiger charge is 2.45. The van der Waals surface area contributed by atoms with Gasteiger partial charge in [0.05, 0.1) is 6.54 Å². The summed E-state index contributed by atoms with van der Waals surface area (Å²) in [5.74, 6) is 0.459. The van der Waals surface area contributed by atoms with Crippen molar-refractivity contribution in [2.75, 3.05) is 18.4 Å². The zero-order chi connectivity index (χ0) is 19.1. The van der Waals surface area contributed by atoms with E-state index in [-0.39, 0.29) is 30.2 Å². The van der Waals surface area contributed by atoms with Crippen LogP contribution in [0.2, 0.25) is 0 Å². The highest BCUT2D eigenvalue weighted by atomic mass is 16.5. The van der Waals surface area contributed by atoms with Crippen molar-refractivity contribution in [3.05, 3.63) is 48.2 Å². The first-order valence-electron chi connectivity index (χ1n) is 9.73. The first-order chi connectivity index (χ1) is 13.2. The first kappa shape index (κ1) is 19.1. The van der Waals surface area contributed by atoms with Gasteiger partial charge in [0.25, 0.3) is 0 Å². The topological polar surface area (TPSA) is 75.4 Å². The van der Waals surface area contributed by atoms with Crippen LogP contribution in [0.4, 0.5) is 5.82 Å². The van der Waals surface area contributed by atoms with Crippen LogP contribution in [0.25, 0.3) is 0 Å². The zero-order valence-corrected chi connectivity index (χ0v) is 15.8. The molecule has 6 nitrogen and oxygen atoms in total. The number of aromatic nitrogens is 1. The number of hydrogen-bond donors (Lipinski definition) is 1. The summed E-state index contributed by atoms with van der Waals surface area (Å²) in [5, 5.41) is 6.36. The van der Waals surface area contributed by atoms with E-state index in [9.17, 15) is 9.59 Å². The van der Waals surface area contributed by atoms with Crippen molar-refractivity contribution in [2.45, 2.75) is 44.9 Å². The Morgan fingerprint density at radius 2 is 2.00 bits per heavy atom. The lowest BCUT2D eigenvalue weighted by molar-refractivity contribution is -0.136. The normalized spacial score (nSPS) is 18.1. The molecule has 0 radical (unpaired) electrons. The molecule has 144 valence electrons. The monoisotopic (exact) mass is 369 g/mol. The molecular weight excluding hydrogens is 342 g/mol. The molecule has 0 bridgehead atoms. The molecular formula is C21H27N3O3. The van der Waals surface area contributed by atoms with Gasteiger partial charge in [-0.25, -0.2) is 0 Å². The Kier molecular flexibility index (Phi) is 6.63. The Morgan fingerprint density at radius 1 is 1.19 bits per heavy atom. The van der Waals surface area contributed by atoms with Gasteiger partial charge in [-0.15, -0.1) is 0 Å². The molecule has 1 saturated carbocycles. The number of benzene rings is 1. The quantitative estimate of drug-likeness (QED) is 0.646. The first-order valence-corrected chi connectivity index (χ1v) is 9.73. The van der Waals surface area contributed by atoms with Crippen LogP contribution in [0.3, 0.4) is 0 Å². The number of anilines is 1. The van der Waals surface area contributed by atoms with Crippen molar-refractivity contribution in [3.8, 4) is 0 Å². The maximum absolute atomic E-state index is 13.0. The van der Waals surface area contributed by atoms with Gasteiger partial charge in [0.15, 0.2) is 5.82 Å². The Hall–Kier alpha value is -2.63. The van der Waals surface area contributed by atoms with Gasteiger partial charge >= 0.3 is 0 Å². The average molecular weight is 369 g/mol. The van der Waals surface area contributed by atoms with Crippen LogP contribution >= 0.6 is 0 Å². The van der Waals surface area contributed by atoms with Crippen LogP contribution in [-0.4, -0.2) is 35.0 Å². The van der Waals surface area contributed by atoms with Crippen molar-refractivity contribution in [1.29, 1.82) is 0 Å². The maximum atomic E-state index is 13.0. The van der Waals surface area contributed by atoms with Crippen LogP contribution in [-0.2, 0) is 9.59 Å². The van der Waals surface area contributed by atoms with Gasteiger partial charge in [-0.1, -0.05) is 61.7 Å². The molecule has 6 heteroatoms. The number of unbranched alkanes of at least 4 members (excludes halogenated alkanes) is 3. The lowest BCUT2D eigenvalue weighted by Gasteiger charge is -2.22. The molecule has 0 aliphatic heterocycles. The molecule has 2 aromatic rings. The minimum atomic E-state index is -0.246. The molecule has 1 aliphatic carbocycles. The second kappa shape index (κ2) is 9.35.